The Hall–Kier alpha value is -2.14. The molecule has 1 aliphatic carbocycles. The minimum Gasteiger partial charge on any atom is -0.229 e. The largest absolute Gasteiger partial charge is 0.229 e. The van der Waals surface area contributed by atoms with Crippen LogP contribution in [0.3, 0.4) is 0 Å². The Morgan fingerprint density at radius 3 is 2.13 bits per heavy atom. The summed E-state index contributed by atoms with van der Waals surface area (Å²) in [5.74, 6) is 8.67. The predicted molar refractivity (Wildman–Crippen MR) is 131 cm³/mol. The standard InChI is InChI=1S/C29H40N2/c1-3-5-6-7-8-9-11-26-22-30-29(31-23-26)21-16-25-14-19-28(20-15-25)27-17-12-24(10-4-2)13-18-27/h14-15,19-20,22-24,27H,3-13,17-18H2,1-2H3/t24-,27-. The normalized spacial score (nSPS) is 18.4. The molecule has 1 aliphatic rings. The maximum Gasteiger partial charge on any atom is 0.205 e. The lowest BCUT2D eigenvalue weighted by molar-refractivity contribution is 0.308. The van der Waals surface area contributed by atoms with E-state index in [1.165, 1.54) is 88.2 Å². The van der Waals surface area contributed by atoms with Crippen molar-refractivity contribution in [3.8, 4) is 11.8 Å². The van der Waals surface area contributed by atoms with E-state index in [4.69, 9.17) is 0 Å². The first-order chi connectivity index (χ1) is 15.3. The zero-order chi connectivity index (χ0) is 21.7. The third-order valence-electron chi connectivity index (χ3n) is 6.77. The molecular formula is C29H40N2. The van der Waals surface area contributed by atoms with E-state index in [9.17, 15) is 0 Å². The second kappa shape index (κ2) is 13.3. The molecule has 2 nitrogen and oxygen atoms in total. The minimum absolute atomic E-state index is 0.616. The number of hydrogen-bond acceptors (Lipinski definition) is 2. The SMILES string of the molecule is CCCCCCCCc1cnc(C#Cc2ccc([C@H]3CC[C@H](CCC)CC3)cc2)nc1. The van der Waals surface area contributed by atoms with Crippen LogP contribution in [0.25, 0.3) is 0 Å². The molecule has 31 heavy (non-hydrogen) atoms. The fourth-order valence-electron chi connectivity index (χ4n) is 4.82. The molecule has 3 rings (SSSR count). The van der Waals surface area contributed by atoms with Gasteiger partial charge in [-0.25, -0.2) is 9.97 Å². The summed E-state index contributed by atoms with van der Waals surface area (Å²) in [6, 6.07) is 8.87. The summed E-state index contributed by atoms with van der Waals surface area (Å²) in [5.41, 5.74) is 3.75. The van der Waals surface area contributed by atoms with Crippen molar-refractivity contribution in [1.82, 2.24) is 9.97 Å². The van der Waals surface area contributed by atoms with Crippen molar-refractivity contribution in [2.24, 2.45) is 5.92 Å². The summed E-state index contributed by atoms with van der Waals surface area (Å²) in [4.78, 5) is 8.90. The maximum atomic E-state index is 4.45. The van der Waals surface area contributed by atoms with Crippen LogP contribution < -0.4 is 0 Å². The Kier molecular flexibility index (Phi) is 10.1. The van der Waals surface area contributed by atoms with Gasteiger partial charge in [-0.1, -0.05) is 76.8 Å². The van der Waals surface area contributed by atoms with E-state index in [1.54, 1.807) is 0 Å². The highest BCUT2D eigenvalue weighted by atomic mass is 14.8. The molecule has 0 amide bonds. The Morgan fingerprint density at radius 2 is 1.45 bits per heavy atom. The summed E-state index contributed by atoms with van der Waals surface area (Å²) in [6.07, 6.45) is 21.1. The highest BCUT2D eigenvalue weighted by Crippen LogP contribution is 2.37. The van der Waals surface area contributed by atoms with Crippen LogP contribution in [0.1, 0.15) is 119 Å². The summed E-state index contributed by atoms with van der Waals surface area (Å²) >= 11 is 0. The molecule has 0 saturated heterocycles. The Balaban J connectivity index is 1.45. The van der Waals surface area contributed by atoms with Crippen molar-refractivity contribution in [3.63, 3.8) is 0 Å². The minimum atomic E-state index is 0.616. The summed E-state index contributed by atoms with van der Waals surface area (Å²) < 4.78 is 0. The second-order valence-electron chi connectivity index (χ2n) is 9.31. The van der Waals surface area contributed by atoms with Crippen molar-refractivity contribution in [2.45, 2.75) is 103 Å². The molecule has 0 atom stereocenters. The Bertz CT molecular complexity index is 803. The number of unbranched alkanes of at least 4 members (excludes halogenated alkanes) is 5. The van der Waals surface area contributed by atoms with Gasteiger partial charge >= 0.3 is 0 Å². The first-order valence-corrected chi connectivity index (χ1v) is 12.7. The number of hydrogen-bond donors (Lipinski definition) is 0. The van der Waals surface area contributed by atoms with Gasteiger partial charge in [0.1, 0.15) is 0 Å². The summed E-state index contributed by atoms with van der Waals surface area (Å²) in [7, 11) is 0. The van der Waals surface area contributed by atoms with Crippen molar-refractivity contribution in [3.05, 3.63) is 59.2 Å². The number of nitrogens with zero attached hydrogens (tertiary/aromatic N) is 2. The molecule has 0 aliphatic heterocycles. The molecule has 2 aromatic rings. The van der Waals surface area contributed by atoms with Crippen LogP contribution in [0.5, 0.6) is 0 Å². The molecule has 1 fully saturated rings. The van der Waals surface area contributed by atoms with Gasteiger partial charge in [-0.3, -0.25) is 0 Å². The maximum absolute atomic E-state index is 4.45. The van der Waals surface area contributed by atoms with Gasteiger partial charge in [0.05, 0.1) is 0 Å². The summed E-state index contributed by atoms with van der Waals surface area (Å²) in [5, 5.41) is 0. The smallest absolute Gasteiger partial charge is 0.205 e. The van der Waals surface area contributed by atoms with E-state index >= 15 is 0 Å². The topological polar surface area (TPSA) is 25.8 Å². The van der Waals surface area contributed by atoms with Crippen LogP contribution >= 0.6 is 0 Å². The lowest BCUT2D eigenvalue weighted by atomic mass is 9.77. The monoisotopic (exact) mass is 416 g/mol. The van der Waals surface area contributed by atoms with Gasteiger partial charge in [-0.15, -0.1) is 0 Å². The molecule has 0 bridgehead atoms. The van der Waals surface area contributed by atoms with Crippen LogP contribution in [-0.4, -0.2) is 9.97 Å². The lowest BCUT2D eigenvalue weighted by Gasteiger charge is -2.28. The van der Waals surface area contributed by atoms with Gasteiger partial charge in [0, 0.05) is 18.0 Å². The van der Waals surface area contributed by atoms with Crippen molar-refractivity contribution in [2.75, 3.05) is 0 Å². The summed E-state index contributed by atoms with van der Waals surface area (Å²) in [6.45, 7) is 4.57. The van der Waals surface area contributed by atoms with Gasteiger partial charge in [0.2, 0.25) is 5.82 Å². The molecule has 1 heterocycles. The lowest BCUT2D eigenvalue weighted by Crippen LogP contribution is -2.13. The number of rotatable bonds is 10. The molecule has 1 aromatic heterocycles. The number of aryl methyl sites for hydroxylation is 1. The van der Waals surface area contributed by atoms with E-state index in [0.29, 0.717) is 5.82 Å². The highest BCUT2D eigenvalue weighted by Gasteiger charge is 2.21. The molecule has 2 heteroatoms. The fourth-order valence-corrected chi connectivity index (χ4v) is 4.82. The number of benzene rings is 1. The van der Waals surface area contributed by atoms with Gasteiger partial charge in [-0.05, 0) is 79.5 Å². The third-order valence-corrected chi connectivity index (χ3v) is 6.77. The molecule has 1 saturated carbocycles. The molecule has 1 aromatic carbocycles. The fraction of sp³-hybridized carbons (Fsp3) is 0.586. The average molecular weight is 417 g/mol. The van der Waals surface area contributed by atoms with Gasteiger partial charge in [0.15, 0.2) is 0 Å². The number of aromatic nitrogens is 2. The Labute approximate surface area is 190 Å². The van der Waals surface area contributed by atoms with Crippen molar-refractivity contribution in [1.29, 1.82) is 0 Å². The molecule has 0 spiro atoms. The average Bonchev–Trinajstić information content (AvgIpc) is 2.82. The van der Waals surface area contributed by atoms with E-state index < -0.39 is 0 Å². The van der Waals surface area contributed by atoms with E-state index in [0.717, 1.165) is 23.8 Å². The molecule has 166 valence electrons. The van der Waals surface area contributed by atoms with E-state index in [1.807, 2.05) is 12.4 Å². The van der Waals surface area contributed by atoms with Crippen LogP contribution in [0.4, 0.5) is 0 Å². The third kappa shape index (κ3) is 8.13. The molecule has 0 N–H and O–H groups in total. The highest BCUT2D eigenvalue weighted by molar-refractivity contribution is 5.40. The second-order valence-corrected chi connectivity index (χ2v) is 9.31. The van der Waals surface area contributed by atoms with Crippen molar-refractivity contribution >= 4 is 0 Å². The quantitative estimate of drug-likeness (QED) is 0.291. The molecular weight excluding hydrogens is 376 g/mol. The zero-order valence-corrected chi connectivity index (χ0v) is 19.7. The van der Waals surface area contributed by atoms with E-state index in [-0.39, 0.29) is 0 Å². The van der Waals surface area contributed by atoms with Gasteiger partial charge in [0.25, 0.3) is 0 Å². The van der Waals surface area contributed by atoms with Crippen molar-refractivity contribution < 1.29 is 0 Å². The molecule has 0 unspecified atom stereocenters. The first kappa shape index (κ1) is 23.5. The zero-order valence-electron chi connectivity index (χ0n) is 19.7. The Morgan fingerprint density at radius 1 is 0.774 bits per heavy atom. The van der Waals surface area contributed by atoms with Crippen LogP contribution in [-0.2, 0) is 6.42 Å². The van der Waals surface area contributed by atoms with E-state index in [2.05, 4.69) is 59.9 Å². The molecule has 0 radical (unpaired) electrons. The first-order valence-electron chi connectivity index (χ1n) is 12.7. The van der Waals surface area contributed by atoms with Crippen LogP contribution in [0.2, 0.25) is 0 Å². The van der Waals surface area contributed by atoms with Gasteiger partial charge in [-0.2, -0.15) is 0 Å². The van der Waals surface area contributed by atoms with Gasteiger partial charge < -0.3 is 0 Å². The van der Waals surface area contributed by atoms with Crippen LogP contribution in [0.15, 0.2) is 36.7 Å². The van der Waals surface area contributed by atoms with Crippen LogP contribution in [0, 0.1) is 17.8 Å². The predicted octanol–water partition coefficient (Wildman–Crippen LogP) is 7.85.